The Labute approximate surface area is 269 Å². The molecule has 0 saturated carbocycles. The Balaban J connectivity index is 0.955. The van der Waals surface area contributed by atoms with Gasteiger partial charge in [0.15, 0.2) is 0 Å². The fourth-order valence-corrected chi connectivity index (χ4v) is 7.29. The molecular weight excluding hydrogens is 584 g/mol. The zero-order chi connectivity index (χ0) is 31.8. The van der Waals surface area contributed by atoms with Gasteiger partial charge in [-0.3, -0.25) is 24.6 Å². The van der Waals surface area contributed by atoms with Crippen molar-refractivity contribution in [2.75, 3.05) is 38.8 Å². The highest BCUT2D eigenvalue weighted by molar-refractivity contribution is 6.05. The van der Waals surface area contributed by atoms with Gasteiger partial charge in [-0.1, -0.05) is 12.1 Å². The monoisotopic (exact) mass is 624 g/mol. The summed E-state index contributed by atoms with van der Waals surface area (Å²) in [4.78, 5) is 43.4. The molecule has 240 valence electrons. The molecule has 3 aromatic rings. The van der Waals surface area contributed by atoms with Crippen LogP contribution in [0, 0.1) is 0 Å². The number of benzene rings is 3. The lowest BCUT2D eigenvalue weighted by molar-refractivity contribution is -0.136. The Hall–Kier alpha value is -4.57. The van der Waals surface area contributed by atoms with Crippen molar-refractivity contribution in [2.45, 2.75) is 63.9 Å². The van der Waals surface area contributed by atoms with Crippen molar-refractivity contribution in [2.24, 2.45) is 0 Å². The molecule has 10 heteroatoms. The lowest BCUT2D eigenvalue weighted by Crippen LogP contribution is -2.52. The van der Waals surface area contributed by atoms with E-state index >= 15 is 0 Å². The quantitative estimate of drug-likeness (QED) is 0.356. The molecule has 3 aromatic carbocycles. The maximum Gasteiger partial charge on any atom is 0.255 e. The molecule has 4 aliphatic rings. The van der Waals surface area contributed by atoms with Crippen LogP contribution in [-0.4, -0.2) is 73.5 Å². The van der Waals surface area contributed by atoms with Crippen molar-refractivity contribution in [3.05, 3.63) is 82.4 Å². The Morgan fingerprint density at radius 3 is 2.54 bits per heavy atom. The zero-order valence-electron chi connectivity index (χ0n) is 26.4. The molecule has 3 amide bonds. The number of piperidine rings is 1. The molecular formula is C36H40N4O6. The van der Waals surface area contributed by atoms with Gasteiger partial charge in [0.25, 0.3) is 5.91 Å². The summed E-state index contributed by atoms with van der Waals surface area (Å²) >= 11 is 0. The number of fused-ring (bicyclic) bond motifs is 2. The summed E-state index contributed by atoms with van der Waals surface area (Å²) < 4.78 is 17.4. The molecule has 4 aliphatic heterocycles. The van der Waals surface area contributed by atoms with E-state index in [2.05, 4.69) is 39.4 Å². The van der Waals surface area contributed by atoms with E-state index in [1.54, 1.807) is 25.2 Å². The molecule has 0 aliphatic carbocycles. The second-order valence-corrected chi connectivity index (χ2v) is 12.6. The van der Waals surface area contributed by atoms with Gasteiger partial charge in [-0.25, -0.2) is 0 Å². The number of hydrogen-bond donors (Lipinski definition) is 1. The number of rotatable bonds is 9. The number of hydrogen-bond acceptors (Lipinski definition) is 8. The van der Waals surface area contributed by atoms with Crippen molar-refractivity contribution in [1.82, 2.24) is 15.1 Å². The Bertz CT molecular complexity index is 1670. The van der Waals surface area contributed by atoms with Crippen LogP contribution in [0.1, 0.15) is 58.3 Å². The summed E-state index contributed by atoms with van der Waals surface area (Å²) in [5.41, 5.74) is 6.59. The highest BCUT2D eigenvalue weighted by Crippen LogP contribution is 2.34. The van der Waals surface area contributed by atoms with Crippen LogP contribution in [0.3, 0.4) is 0 Å². The SMILES string of the molecule is COc1ccc(CN2CCCc3cc(CN4CCC(Oc5ccc6c(c5)CN(C5CCC(=O)NC5=O)C6=O)C4)ccc32)c(OC)c1. The number of nitrogens with zero attached hydrogens (tertiary/aromatic N) is 3. The summed E-state index contributed by atoms with van der Waals surface area (Å²) in [5, 5.41) is 2.36. The fourth-order valence-electron chi connectivity index (χ4n) is 7.29. The van der Waals surface area contributed by atoms with Crippen LogP contribution in [0.2, 0.25) is 0 Å². The van der Waals surface area contributed by atoms with E-state index < -0.39 is 11.9 Å². The highest BCUT2D eigenvalue weighted by Gasteiger charge is 2.39. The smallest absolute Gasteiger partial charge is 0.255 e. The summed E-state index contributed by atoms with van der Waals surface area (Å²) in [6.07, 6.45) is 3.79. The molecule has 0 bridgehead atoms. The number of amides is 3. The minimum atomic E-state index is -0.617. The molecule has 4 heterocycles. The van der Waals surface area contributed by atoms with Crippen LogP contribution >= 0.6 is 0 Å². The van der Waals surface area contributed by atoms with Gasteiger partial charge in [-0.05, 0) is 78.8 Å². The summed E-state index contributed by atoms with van der Waals surface area (Å²) in [7, 11) is 3.37. The number of carbonyl (C=O) groups excluding carboxylic acids is 3. The van der Waals surface area contributed by atoms with Crippen LogP contribution in [0.5, 0.6) is 17.2 Å². The van der Waals surface area contributed by atoms with Crippen molar-refractivity contribution in [3.63, 3.8) is 0 Å². The molecule has 0 spiro atoms. The normalized spacial score (nSPS) is 21.2. The van der Waals surface area contributed by atoms with Crippen LogP contribution in [0.25, 0.3) is 0 Å². The molecule has 2 fully saturated rings. The maximum atomic E-state index is 13.0. The largest absolute Gasteiger partial charge is 0.497 e. The van der Waals surface area contributed by atoms with Crippen molar-refractivity contribution in [1.29, 1.82) is 0 Å². The van der Waals surface area contributed by atoms with Crippen LogP contribution < -0.4 is 24.4 Å². The van der Waals surface area contributed by atoms with Gasteiger partial charge < -0.3 is 24.0 Å². The van der Waals surface area contributed by atoms with Gasteiger partial charge in [0.1, 0.15) is 29.4 Å². The van der Waals surface area contributed by atoms with E-state index in [0.717, 1.165) is 80.4 Å². The van der Waals surface area contributed by atoms with E-state index in [9.17, 15) is 14.4 Å². The molecule has 1 N–H and O–H groups in total. The molecule has 0 aromatic heterocycles. The van der Waals surface area contributed by atoms with Gasteiger partial charge in [-0.2, -0.15) is 0 Å². The number of likely N-dealkylation sites (tertiary alicyclic amines) is 1. The lowest BCUT2D eigenvalue weighted by Gasteiger charge is -2.32. The Kier molecular flexibility index (Phi) is 8.29. The second kappa shape index (κ2) is 12.7. The third-order valence-corrected chi connectivity index (χ3v) is 9.65. The fraction of sp³-hybridized carbons (Fsp3) is 0.417. The first-order valence-corrected chi connectivity index (χ1v) is 16.1. The number of aryl methyl sites for hydroxylation is 1. The average Bonchev–Trinajstić information content (AvgIpc) is 3.63. The van der Waals surface area contributed by atoms with Gasteiger partial charge in [0, 0.05) is 68.6 Å². The minimum absolute atomic E-state index is 0.0639. The molecule has 7 rings (SSSR count). The third kappa shape index (κ3) is 6.01. The van der Waals surface area contributed by atoms with E-state index in [0.29, 0.717) is 18.5 Å². The average molecular weight is 625 g/mol. The van der Waals surface area contributed by atoms with E-state index in [4.69, 9.17) is 14.2 Å². The van der Waals surface area contributed by atoms with Crippen molar-refractivity contribution in [3.8, 4) is 17.2 Å². The lowest BCUT2D eigenvalue weighted by atomic mass is 9.98. The first kappa shape index (κ1) is 30.1. The predicted molar refractivity (Wildman–Crippen MR) is 172 cm³/mol. The minimum Gasteiger partial charge on any atom is -0.497 e. The predicted octanol–water partition coefficient (Wildman–Crippen LogP) is 4.07. The molecule has 10 nitrogen and oxygen atoms in total. The van der Waals surface area contributed by atoms with Gasteiger partial charge in [-0.15, -0.1) is 0 Å². The number of anilines is 1. The van der Waals surface area contributed by atoms with E-state index in [1.807, 2.05) is 24.3 Å². The molecule has 0 radical (unpaired) electrons. The van der Waals surface area contributed by atoms with Gasteiger partial charge >= 0.3 is 0 Å². The molecule has 2 unspecified atom stereocenters. The zero-order valence-corrected chi connectivity index (χ0v) is 26.4. The number of imide groups is 1. The Morgan fingerprint density at radius 1 is 0.848 bits per heavy atom. The number of methoxy groups -OCH3 is 2. The standard InChI is InChI=1S/C36H40N4O6/c1-44-27-7-6-25(33(18-27)45-2)20-39-14-3-4-24-16-23(5-10-31(24)39)19-38-15-13-29(22-38)46-28-8-9-30-26(17-28)21-40(36(30)43)32-11-12-34(41)37-35(32)42/h5-10,16-18,29,32H,3-4,11-15,19-22H2,1-2H3,(H,37,41,42). The number of ether oxygens (including phenoxy) is 3. The van der Waals surface area contributed by atoms with Gasteiger partial charge in [0.2, 0.25) is 11.8 Å². The van der Waals surface area contributed by atoms with Gasteiger partial charge in [0.05, 0.1) is 14.2 Å². The topological polar surface area (TPSA) is 101 Å². The van der Waals surface area contributed by atoms with Crippen molar-refractivity contribution < 1.29 is 28.6 Å². The van der Waals surface area contributed by atoms with E-state index in [-0.39, 0.29) is 24.3 Å². The van der Waals surface area contributed by atoms with Crippen LogP contribution in [0.15, 0.2) is 54.6 Å². The van der Waals surface area contributed by atoms with Crippen molar-refractivity contribution >= 4 is 23.4 Å². The summed E-state index contributed by atoms with van der Waals surface area (Å²) in [6, 6.07) is 17.9. The first-order valence-electron chi connectivity index (χ1n) is 16.1. The van der Waals surface area contributed by atoms with Crippen LogP contribution in [0.4, 0.5) is 5.69 Å². The van der Waals surface area contributed by atoms with E-state index in [1.165, 1.54) is 16.8 Å². The first-order chi connectivity index (χ1) is 22.4. The highest BCUT2D eigenvalue weighted by atomic mass is 16.5. The number of nitrogens with one attached hydrogen (secondary N) is 1. The molecule has 2 atom stereocenters. The molecule has 2 saturated heterocycles. The second-order valence-electron chi connectivity index (χ2n) is 12.6. The Morgan fingerprint density at radius 2 is 1.72 bits per heavy atom. The number of carbonyl (C=O) groups is 3. The summed E-state index contributed by atoms with van der Waals surface area (Å²) in [5.74, 6) is 1.53. The summed E-state index contributed by atoms with van der Waals surface area (Å²) in [6.45, 7) is 4.81. The third-order valence-electron chi connectivity index (χ3n) is 9.65. The van der Waals surface area contributed by atoms with Crippen LogP contribution in [-0.2, 0) is 35.6 Å². The maximum absolute atomic E-state index is 13.0. The molecule has 46 heavy (non-hydrogen) atoms.